The SMILES string of the molecule is CCCC(C)NCC(C)N(CC)Cc1cccc(C)n1. The second kappa shape index (κ2) is 9.09. The van der Waals surface area contributed by atoms with Gasteiger partial charge in [0.15, 0.2) is 0 Å². The van der Waals surface area contributed by atoms with E-state index in [1.807, 2.05) is 0 Å². The highest BCUT2D eigenvalue weighted by atomic mass is 15.2. The van der Waals surface area contributed by atoms with Crippen LogP contribution in [0.25, 0.3) is 0 Å². The van der Waals surface area contributed by atoms with E-state index in [-0.39, 0.29) is 0 Å². The summed E-state index contributed by atoms with van der Waals surface area (Å²) in [6.07, 6.45) is 2.49. The van der Waals surface area contributed by atoms with Crippen molar-refractivity contribution in [3.63, 3.8) is 0 Å². The van der Waals surface area contributed by atoms with Crippen LogP contribution in [0.15, 0.2) is 18.2 Å². The topological polar surface area (TPSA) is 28.2 Å². The first-order valence-corrected chi connectivity index (χ1v) is 7.96. The molecule has 0 saturated carbocycles. The van der Waals surface area contributed by atoms with Crippen molar-refractivity contribution in [3.8, 4) is 0 Å². The van der Waals surface area contributed by atoms with Crippen molar-refractivity contribution in [2.75, 3.05) is 13.1 Å². The van der Waals surface area contributed by atoms with E-state index in [2.05, 4.69) is 68.0 Å². The summed E-state index contributed by atoms with van der Waals surface area (Å²) in [7, 11) is 0. The van der Waals surface area contributed by atoms with Gasteiger partial charge in [-0.05, 0) is 45.9 Å². The van der Waals surface area contributed by atoms with Crippen LogP contribution < -0.4 is 5.32 Å². The van der Waals surface area contributed by atoms with Gasteiger partial charge in [0.1, 0.15) is 0 Å². The highest BCUT2D eigenvalue weighted by Gasteiger charge is 2.13. The minimum absolute atomic E-state index is 0.529. The summed E-state index contributed by atoms with van der Waals surface area (Å²) in [5.74, 6) is 0. The van der Waals surface area contributed by atoms with Gasteiger partial charge in [-0.3, -0.25) is 9.88 Å². The Hall–Kier alpha value is -0.930. The average molecular weight is 277 g/mol. The van der Waals surface area contributed by atoms with Crippen molar-refractivity contribution in [1.29, 1.82) is 0 Å². The third kappa shape index (κ3) is 6.02. The Morgan fingerprint density at radius 3 is 2.60 bits per heavy atom. The maximum atomic E-state index is 4.61. The summed E-state index contributed by atoms with van der Waals surface area (Å²) in [5, 5.41) is 3.63. The maximum Gasteiger partial charge on any atom is 0.0547 e. The third-order valence-corrected chi connectivity index (χ3v) is 3.82. The van der Waals surface area contributed by atoms with Crippen molar-refractivity contribution in [2.24, 2.45) is 0 Å². The Bertz CT molecular complexity index is 378. The Morgan fingerprint density at radius 2 is 2.00 bits per heavy atom. The van der Waals surface area contributed by atoms with Gasteiger partial charge in [-0.2, -0.15) is 0 Å². The lowest BCUT2D eigenvalue weighted by Crippen LogP contribution is -2.42. The molecule has 3 heteroatoms. The van der Waals surface area contributed by atoms with Crippen LogP contribution in [0.3, 0.4) is 0 Å². The molecule has 1 N–H and O–H groups in total. The van der Waals surface area contributed by atoms with Gasteiger partial charge in [-0.1, -0.05) is 26.3 Å². The van der Waals surface area contributed by atoms with E-state index in [1.165, 1.54) is 18.5 Å². The summed E-state index contributed by atoms with van der Waals surface area (Å²) >= 11 is 0. The molecule has 0 aliphatic carbocycles. The standard InChI is InChI=1S/C17H31N3/c1-6-9-14(3)18-12-16(5)20(7-2)13-17-11-8-10-15(4)19-17/h8,10-11,14,16,18H,6-7,9,12-13H2,1-5H3. The van der Waals surface area contributed by atoms with Gasteiger partial charge in [0.2, 0.25) is 0 Å². The lowest BCUT2D eigenvalue weighted by atomic mass is 10.1. The minimum Gasteiger partial charge on any atom is -0.313 e. The van der Waals surface area contributed by atoms with Crippen LogP contribution in [-0.2, 0) is 6.54 Å². The molecule has 2 unspecified atom stereocenters. The first-order valence-electron chi connectivity index (χ1n) is 7.96. The molecule has 20 heavy (non-hydrogen) atoms. The average Bonchev–Trinajstić information content (AvgIpc) is 2.42. The fourth-order valence-corrected chi connectivity index (χ4v) is 2.51. The Labute approximate surface area is 124 Å². The molecule has 0 aromatic carbocycles. The van der Waals surface area contributed by atoms with Crippen LogP contribution in [0.4, 0.5) is 0 Å². The van der Waals surface area contributed by atoms with Gasteiger partial charge in [0.05, 0.1) is 5.69 Å². The monoisotopic (exact) mass is 277 g/mol. The Balaban J connectivity index is 2.48. The van der Waals surface area contributed by atoms with Gasteiger partial charge in [-0.15, -0.1) is 0 Å². The molecule has 1 aromatic rings. The largest absolute Gasteiger partial charge is 0.313 e. The zero-order valence-corrected chi connectivity index (χ0v) is 13.8. The number of hydrogen-bond acceptors (Lipinski definition) is 3. The molecule has 0 bridgehead atoms. The highest BCUT2D eigenvalue weighted by molar-refractivity contribution is 5.09. The summed E-state index contributed by atoms with van der Waals surface area (Å²) in [5.41, 5.74) is 2.27. The van der Waals surface area contributed by atoms with E-state index in [0.717, 1.165) is 25.3 Å². The number of aryl methyl sites for hydroxylation is 1. The van der Waals surface area contributed by atoms with Crippen molar-refractivity contribution in [2.45, 2.75) is 66.1 Å². The molecule has 0 radical (unpaired) electrons. The summed E-state index contributed by atoms with van der Waals surface area (Å²) < 4.78 is 0. The first kappa shape index (κ1) is 17.1. The number of nitrogens with one attached hydrogen (secondary N) is 1. The molecule has 0 aliphatic heterocycles. The molecular formula is C17H31N3. The second-order valence-corrected chi connectivity index (χ2v) is 5.78. The van der Waals surface area contributed by atoms with Crippen molar-refractivity contribution in [3.05, 3.63) is 29.6 Å². The van der Waals surface area contributed by atoms with E-state index in [4.69, 9.17) is 0 Å². The van der Waals surface area contributed by atoms with Crippen molar-refractivity contribution < 1.29 is 0 Å². The molecule has 0 amide bonds. The van der Waals surface area contributed by atoms with E-state index in [9.17, 15) is 0 Å². The zero-order valence-electron chi connectivity index (χ0n) is 13.8. The normalized spacial score (nSPS) is 14.5. The van der Waals surface area contributed by atoms with Crippen molar-refractivity contribution in [1.82, 2.24) is 15.2 Å². The summed E-state index contributed by atoms with van der Waals surface area (Å²) in [4.78, 5) is 7.09. The molecule has 0 saturated heterocycles. The molecule has 114 valence electrons. The number of pyridine rings is 1. The lowest BCUT2D eigenvalue weighted by molar-refractivity contribution is 0.199. The lowest BCUT2D eigenvalue weighted by Gasteiger charge is -2.29. The Kier molecular flexibility index (Phi) is 7.78. The maximum absolute atomic E-state index is 4.61. The highest BCUT2D eigenvalue weighted by Crippen LogP contribution is 2.07. The second-order valence-electron chi connectivity index (χ2n) is 5.78. The van der Waals surface area contributed by atoms with Gasteiger partial charge in [0.25, 0.3) is 0 Å². The fourth-order valence-electron chi connectivity index (χ4n) is 2.51. The number of likely N-dealkylation sites (N-methyl/N-ethyl adjacent to an activating group) is 1. The van der Waals surface area contributed by atoms with E-state index >= 15 is 0 Å². The smallest absolute Gasteiger partial charge is 0.0547 e. The fraction of sp³-hybridized carbons (Fsp3) is 0.706. The predicted molar refractivity (Wildman–Crippen MR) is 86.9 cm³/mol. The molecule has 1 heterocycles. The van der Waals surface area contributed by atoms with Crippen LogP contribution in [0.5, 0.6) is 0 Å². The first-order chi connectivity index (χ1) is 9.56. The number of aromatic nitrogens is 1. The molecule has 0 spiro atoms. The van der Waals surface area contributed by atoms with Gasteiger partial charge in [0, 0.05) is 30.9 Å². The summed E-state index contributed by atoms with van der Waals surface area (Å²) in [6, 6.07) is 7.41. The Morgan fingerprint density at radius 1 is 1.25 bits per heavy atom. The van der Waals surface area contributed by atoms with Gasteiger partial charge >= 0.3 is 0 Å². The van der Waals surface area contributed by atoms with Crippen LogP contribution in [0.1, 0.15) is 51.9 Å². The van der Waals surface area contributed by atoms with Gasteiger partial charge in [-0.25, -0.2) is 0 Å². The van der Waals surface area contributed by atoms with Crippen LogP contribution in [0.2, 0.25) is 0 Å². The quantitative estimate of drug-likeness (QED) is 0.750. The molecular weight excluding hydrogens is 246 g/mol. The van der Waals surface area contributed by atoms with E-state index < -0.39 is 0 Å². The number of rotatable bonds is 9. The van der Waals surface area contributed by atoms with Crippen LogP contribution in [0, 0.1) is 6.92 Å². The number of hydrogen-bond donors (Lipinski definition) is 1. The predicted octanol–water partition coefficient (Wildman–Crippen LogP) is 3.38. The molecule has 0 aliphatic rings. The minimum atomic E-state index is 0.529. The van der Waals surface area contributed by atoms with E-state index in [1.54, 1.807) is 0 Å². The number of nitrogens with zero attached hydrogens (tertiary/aromatic N) is 2. The molecule has 1 aromatic heterocycles. The molecule has 3 nitrogen and oxygen atoms in total. The molecule has 2 atom stereocenters. The van der Waals surface area contributed by atoms with E-state index in [0.29, 0.717) is 12.1 Å². The van der Waals surface area contributed by atoms with Crippen LogP contribution >= 0.6 is 0 Å². The van der Waals surface area contributed by atoms with Crippen LogP contribution in [-0.4, -0.2) is 35.1 Å². The summed E-state index contributed by atoms with van der Waals surface area (Å²) in [6.45, 7) is 14.1. The molecule has 1 rings (SSSR count). The molecule has 0 fully saturated rings. The third-order valence-electron chi connectivity index (χ3n) is 3.82. The zero-order chi connectivity index (χ0) is 15.0. The van der Waals surface area contributed by atoms with Crippen molar-refractivity contribution >= 4 is 0 Å². The van der Waals surface area contributed by atoms with Gasteiger partial charge < -0.3 is 5.32 Å².